The Morgan fingerprint density at radius 2 is 1.92 bits per heavy atom. The second-order valence-electron chi connectivity index (χ2n) is 8.71. The molecule has 2 heterocycles. The number of furan rings is 1. The molecule has 2 amide bonds. The molecular formula is C28H30N4O4. The van der Waals surface area contributed by atoms with Gasteiger partial charge in [-0.25, -0.2) is 0 Å². The summed E-state index contributed by atoms with van der Waals surface area (Å²) in [4.78, 5) is 28.1. The molecule has 3 aromatic rings. The first kappa shape index (κ1) is 24.9. The Morgan fingerprint density at radius 1 is 1.11 bits per heavy atom. The van der Waals surface area contributed by atoms with Gasteiger partial charge in [-0.2, -0.15) is 5.26 Å². The zero-order valence-corrected chi connectivity index (χ0v) is 20.3. The highest BCUT2D eigenvalue weighted by Crippen LogP contribution is 2.24. The van der Waals surface area contributed by atoms with Crippen LogP contribution in [0.4, 0.5) is 11.4 Å². The number of nitrogens with zero attached hydrogens (tertiary/aromatic N) is 2. The molecule has 36 heavy (non-hydrogen) atoms. The molecule has 0 aliphatic carbocycles. The maximum Gasteiger partial charge on any atom is 0.287 e. The molecule has 1 unspecified atom stereocenters. The van der Waals surface area contributed by atoms with Gasteiger partial charge in [0.15, 0.2) is 5.76 Å². The number of nitriles is 1. The van der Waals surface area contributed by atoms with Gasteiger partial charge in [0.05, 0.1) is 5.56 Å². The van der Waals surface area contributed by atoms with Gasteiger partial charge in [0, 0.05) is 24.5 Å². The fraction of sp³-hybridized carbons (Fsp3) is 0.321. The van der Waals surface area contributed by atoms with Crippen molar-refractivity contribution in [1.82, 2.24) is 5.32 Å². The van der Waals surface area contributed by atoms with Crippen LogP contribution in [0.5, 0.6) is 5.75 Å². The third-order valence-electron chi connectivity index (χ3n) is 6.05. The van der Waals surface area contributed by atoms with E-state index in [1.165, 1.54) is 12.8 Å². The number of hydrogen-bond donors (Lipinski definition) is 2. The number of benzene rings is 2. The number of anilines is 2. The first-order valence-corrected chi connectivity index (χ1v) is 12.2. The highest BCUT2D eigenvalue weighted by atomic mass is 16.5. The van der Waals surface area contributed by atoms with Crippen molar-refractivity contribution in [2.75, 3.05) is 23.3 Å². The molecule has 0 spiro atoms. The van der Waals surface area contributed by atoms with Crippen LogP contribution in [0.1, 0.15) is 54.5 Å². The molecule has 1 atom stereocenters. The van der Waals surface area contributed by atoms with E-state index >= 15 is 0 Å². The van der Waals surface area contributed by atoms with Crippen LogP contribution >= 0.6 is 0 Å². The van der Waals surface area contributed by atoms with Gasteiger partial charge in [0.2, 0.25) is 5.91 Å². The van der Waals surface area contributed by atoms with Gasteiger partial charge < -0.3 is 24.7 Å². The first-order valence-electron chi connectivity index (χ1n) is 12.2. The lowest BCUT2D eigenvalue weighted by Crippen LogP contribution is -2.43. The quantitative estimate of drug-likeness (QED) is 0.423. The number of rotatable bonds is 10. The fourth-order valence-electron chi connectivity index (χ4n) is 4.18. The maximum atomic E-state index is 13.0. The zero-order valence-electron chi connectivity index (χ0n) is 20.3. The summed E-state index contributed by atoms with van der Waals surface area (Å²) in [5.41, 5.74) is 2.21. The van der Waals surface area contributed by atoms with Gasteiger partial charge in [-0.05, 0) is 61.7 Å². The van der Waals surface area contributed by atoms with Crippen LogP contribution in [0, 0.1) is 11.3 Å². The molecule has 2 N–H and O–H groups in total. The van der Waals surface area contributed by atoms with E-state index in [9.17, 15) is 14.9 Å². The molecule has 1 aliphatic rings. The van der Waals surface area contributed by atoms with Crippen LogP contribution < -0.4 is 20.3 Å². The molecule has 0 bridgehead atoms. The van der Waals surface area contributed by atoms with Crippen molar-refractivity contribution in [3.8, 4) is 11.8 Å². The van der Waals surface area contributed by atoms with E-state index in [0.29, 0.717) is 29.2 Å². The van der Waals surface area contributed by atoms with Crippen molar-refractivity contribution >= 4 is 23.2 Å². The summed E-state index contributed by atoms with van der Waals surface area (Å²) in [6.07, 6.45) is 3.57. The lowest BCUT2D eigenvalue weighted by Gasteiger charge is -2.20. The molecular weight excluding hydrogens is 456 g/mol. The van der Waals surface area contributed by atoms with Crippen molar-refractivity contribution in [2.45, 2.75) is 45.3 Å². The van der Waals surface area contributed by atoms with Crippen LogP contribution in [0.25, 0.3) is 0 Å². The number of nitrogens with one attached hydrogen (secondary N) is 2. The third kappa shape index (κ3) is 6.25. The van der Waals surface area contributed by atoms with Crippen molar-refractivity contribution in [3.63, 3.8) is 0 Å². The van der Waals surface area contributed by atoms with Crippen molar-refractivity contribution in [2.24, 2.45) is 0 Å². The van der Waals surface area contributed by atoms with Gasteiger partial charge in [-0.15, -0.1) is 0 Å². The number of ether oxygens (including phenoxy) is 1. The third-order valence-corrected chi connectivity index (χ3v) is 6.05. The van der Waals surface area contributed by atoms with Gasteiger partial charge in [0.25, 0.3) is 5.91 Å². The molecule has 4 rings (SSSR count). The van der Waals surface area contributed by atoms with E-state index in [-0.39, 0.29) is 18.3 Å². The number of carbonyl (C=O) groups is 2. The standard InChI is InChI=1S/C28H30N4O4/c1-2-8-24(27(33)30-21-10-7-11-22(17-21)32-15-5-6-16-32)31-28(34)26-14-13-23(36-26)19-35-25-12-4-3-9-20(25)18-29/h3-4,7,9-14,17,24H,2,5-6,8,15-16,19H2,1H3,(H,30,33)(H,31,34). The van der Waals surface area contributed by atoms with E-state index < -0.39 is 11.9 Å². The van der Waals surface area contributed by atoms with Crippen LogP contribution in [0.15, 0.2) is 65.1 Å². The Balaban J connectivity index is 1.36. The van der Waals surface area contributed by atoms with Crippen LogP contribution in [-0.4, -0.2) is 30.9 Å². The minimum absolute atomic E-state index is 0.0677. The predicted molar refractivity (Wildman–Crippen MR) is 137 cm³/mol. The lowest BCUT2D eigenvalue weighted by molar-refractivity contribution is -0.118. The summed E-state index contributed by atoms with van der Waals surface area (Å²) in [7, 11) is 0. The summed E-state index contributed by atoms with van der Waals surface area (Å²) >= 11 is 0. The average molecular weight is 487 g/mol. The molecule has 1 aromatic heterocycles. The highest BCUT2D eigenvalue weighted by Gasteiger charge is 2.23. The van der Waals surface area contributed by atoms with E-state index in [0.717, 1.165) is 25.2 Å². The lowest BCUT2D eigenvalue weighted by atomic mass is 10.1. The van der Waals surface area contributed by atoms with Gasteiger partial charge in [-0.1, -0.05) is 31.5 Å². The van der Waals surface area contributed by atoms with Crippen LogP contribution in [0.2, 0.25) is 0 Å². The molecule has 1 aliphatic heterocycles. The smallest absolute Gasteiger partial charge is 0.287 e. The number of hydrogen-bond acceptors (Lipinski definition) is 6. The molecule has 8 nitrogen and oxygen atoms in total. The SMILES string of the molecule is CCCC(NC(=O)c1ccc(COc2ccccc2C#N)o1)C(=O)Nc1cccc(N2CCCC2)c1. The predicted octanol–water partition coefficient (Wildman–Crippen LogP) is 4.87. The van der Waals surface area contributed by atoms with Crippen molar-refractivity contribution in [1.29, 1.82) is 5.26 Å². The Labute approximate surface area is 210 Å². The van der Waals surface area contributed by atoms with E-state index in [2.05, 4.69) is 21.6 Å². The second kappa shape index (κ2) is 11.9. The number of para-hydroxylation sites is 1. The van der Waals surface area contributed by atoms with Gasteiger partial charge >= 0.3 is 0 Å². The summed E-state index contributed by atoms with van der Waals surface area (Å²) in [6, 6.07) is 19.3. The van der Waals surface area contributed by atoms with Crippen LogP contribution in [-0.2, 0) is 11.4 Å². The fourth-order valence-corrected chi connectivity index (χ4v) is 4.18. The zero-order chi connectivity index (χ0) is 25.3. The Bertz CT molecular complexity index is 1240. The van der Waals surface area contributed by atoms with E-state index in [4.69, 9.17) is 9.15 Å². The number of amides is 2. The van der Waals surface area contributed by atoms with E-state index in [1.54, 1.807) is 36.4 Å². The normalized spacial score (nSPS) is 13.6. The summed E-state index contributed by atoms with van der Waals surface area (Å²) in [6.45, 7) is 4.07. The molecule has 186 valence electrons. The van der Waals surface area contributed by atoms with Crippen LogP contribution in [0.3, 0.4) is 0 Å². The molecule has 0 saturated carbocycles. The average Bonchev–Trinajstić information content (AvgIpc) is 3.60. The Hall–Kier alpha value is -4.25. The van der Waals surface area contributed by atoms with E-state index in [1.807, 2.05) is 31.2 Å². The molecule has 2 aromatic carbocycles. The minimum Gasteiger partial charge on any atom is -0.484 e. The summed E-state index contributed by atoms with van der Waals surface area (Å²) in [5, 5.41) is 14.9. The van der Waals surface area contributed by atoms with Crippen molar-refractivity contribution < 1.29 is 18.7 Å². The molecule has 0 radical (unpaired) electrons. The second-order valence-corrected chi connectivity index (χ2v) is 8.71. The maximum absolute atomic E-state index is 13.0. The Morgan fingerprint density at radius 3 is 2.69 bits per heavy atom. The minimum atomic E-state index is -0.703. The topological polar surface area (TPSA) is 108 Å². The Kier molecular flexibility index (Phi) is 8.24. The summed E-state index contributed by atoms with van der Waals surface area (Å²) in [5.74, 6) is 0.219. The monoisotopic (exact) mass is 486 g/mol. The van der Waals surface area contributed by atoms with Crippen molar-refractivity contribution in [3.05, 3.63) is 77.7 Å². The van der Waals surface area contributed by atoms with Gasteiger partial charge in [-0.3, -0.25) is 9.59 Å². The summed E-state index contributed by atoms with van der Waals surface area (Å²) < 4.78 is 11.3. The highest BCUT2D eigenvalue weighted by molar-refractivity contribution is 6.00. The molecule has 8 heteroatoms. The first-order chi connectivity index (χ1) is 17.6. The molecule has 1 saturated heterocycles. The van der Waals surface area contributed by atoms with Gasteiger partial charge in [0.1, 0.15) is 30.2 Å². The molecule has 1 fully saturated rings. The number of carbonyl (C=O) groups excluding carboxylic acids is 2. The largest absolute Gasteiger partial charge is 0.484 e.